The van der Waals surface area contributed by atoms with Gasteiger partial charge in [0.15, 0.2) is 0 Å². The molecule has 1 saturated heterocycles. The summed E-state index contributed by atoms with van der Waals surface area (Å²) < 4.78 is 0. The molecule has 0 unspecified atom stereocenters. The minimum Gasteiger partial charge on any atom is -0.358 e. The number of hydrogen-bond donors (Lipinski definition) is 2. The summed E-state index contributed by atoms with van der Waals surface area (Å²) in [4.78, 5) is 19.0. The normalized spacial score (nSPS) is 17.7. The lowest BCUT2D eigenvalue weighted by Crippen LogP contribution is -2.45. The van der Waals surface area contributed by atoms with Crippen LogP contribution in [0.1, 0.15) is 52.9 Å². The molecule has 4 heteroatoms. The van der Waals surface area contributed by atoms with Crippen LogP contribution in [0, 0.1) is 0 Å². The summed E-state index contributed by atoms with van der Waals surface area (Å²) in [5, 5.41) is 4.53. The van der Waals surface area contributed by atoms with Crippen molar-refractivity contribution in [3.05, 3.63) is 70.9 Å². The van der Waals surface area contributed by atoms with Gasteiger partial charge in [0, 0.05) is 47.8 Å². The molecule has 1 aliphatic heterocycles. The van der Waals surface area contributed by atoms with Crippen LogP contribution in [-0.2, 0) is 19.3 Å². The number of H-pyrrole nitrogens is 1. The Labute approximate surface area is 178 Å². The first-order chi connectivity index (χ1) is 14.8. The predicted molar refractivity (Wildman–Crippen MR) is 122 cm³/mol. The summed E-state index contributed by atoms with van der Waals surface area (Å²) in [6.07, 6.45) is 7.93. The Morgan fingerprint density at radius 3 is 2.67 bits per heavy atom. The molecule has 0 spiro atoms. The number of nitrogens with one attached hydrogen (secondary N) is 2. The largest absolute Gasteiger partial charge is 0.358 e. The molecule has 0 atom stereocenters. The zero-order valence-electron chi connectivity index (χ0n) is 17.6. The third kappa shape index (κ3) is 4.15. The number of hydrogen-bond acceptors (Lipinski definition) is 2. The number of carbonyl (C=O) groups excluding carboxylic acids is 1. The summed E-state index contributed by atoms with van der Waals surface area (Å²) in [5.74, 6) is 0.0744. The molecule has 2 heterocycles. The van der Waals surface area contributed by atoms with E-state index in [1.54, 1.807) is 0 Å². The van der Waals surface area contributed by atoms with Crippen molar-refractivity contribution in [2.75, 3.05) is 19.6 Å². The number of nitrogens with zero attached hydrogens (tertiary/aromatic N) is 1. The highest BCUT2D eigenvalue weighted by Crippen LogP contribution is 2.29. The number of piperidine rings is 1. The number of aromatic nitrogens is 1. The van der Waals surface area contributed by atoms with Gasteiger partial charge in [-0.05, 0) is 74.3 Å². The van der Waals surface area contributed by atoms with Crippen molar-refractivity contribution in [1.29, 1.82) is 0 Å². The van der Waals surface area contributed by atoms with Crippen molar-refractivity contribution in [3.63, 3.8) is 0 Å². The summed E-state index contributed by atoms with van der Waals surface area (Å²) in [6, 6.07) is 17.1. The molecule has 5 rings (SSSR count). The van der Waals surface area contributed by atoms with Crippen molar-refractivity contribution >= 4 is 16.8 Å². The fraction of sp³-hybridized carbons (Fsp3) is 0.423. The smallest absolute Gasteiger partial charge is 0.251 e. The molecule has 1 aliphatic carbocycles. The van der Waals surface area contributed by atoms with Crippen LogP contribution in [0.25, 0.3) is 10.9 Å². The van der Waals surface area contributed by atoms with Gasteiger partial charge in [-0.2, -0.15) is 0 Å². The Kier molecular flexibility index (Phi) is 5.58. The highest BCUT2D eigenvalue weighted by atomic mass is 16.1. The Balaban J connectivity index is 1.16. The molecule has 0 bridgehead atoms. The van der Waals surface area contributed by atoms with Crippen LogP contribution in [0.2, 0.25) is 0 Å². The molecular formula is C26H31N3O. The summed E-state index contributed by atoms with van der Waals surface area (Å²) in [5.41, 5.74) is 6.16. The van der Waals surface area contributed by atoms with Crippen LogP contribution < -0.4 is 5.32 Å². The zero-order valence-corrected chi connectivity index (χ0v) is 17.6. The molecule has 1 aromatic heterocycles. The zero-order chi connectivity index (χ0) is 20.3. The minimum atomic E-state index is 0.0744. The molecule has 0 radical (unpaired) electrons. The van der Waals surface area contributed by atoms with Gasteiger partial charge in [-0.1, -0.05) is 30.3 Å². The molecule has 4 nitrogen and oxygen atoms in total. The van der Waals surface area contributed by atoms with Crippen LogP contribution >= 0.6 is 0 Å². The lowest BCUT2D eigenvalue weighted by molar-refractivity contribution is 0.0911. The fourth-order valence-corrected chi connectivity index (χ4v) is 5.05. The van der Waals surface area contributed by atoms with Gasteiger partial charge >= 0.3 is 0 Å². The van der Waals surface area contributed by atoms with E-state index in [2.05, 4.69) is 57.7 Å². The number of aryl methyl sites for hydroxylation is 2. The molecule has 3 aromatic rings. The van der Waals surface area contributed by atoms with Crippen LogP contribution in [-0.4, -0.2) is 41.5 Å². The monoisotopic (exact) mass is 401 g/mol. The molecule has 1 fully saturated rings. The second kappa shape index (κ2) is 8.65. The molecule has 2 aliphatic rings. The van der Waals surface area contributed by atoms with Gasteiger partial charge in [-0.3, -0.25) is 4.79 Å². The molecule has 1 amide bonds. The number of likely N-dealkylation sites (tertiary alicyclic amines) is 1. The Bertz CT molecular complexity index is 1020. The number of amides is 1. The lowest BCUT2D eigenvalue weighted by Gasteiger charge is -2.32. The number of rotatable bonds is 5. The second-order valence-electron chi connectivity index (χ2n) is 8.87. The quantitative estimate of drug-likeness (QED) is 0.662. The summed E-state index contributed by atoms with van der Waals surface area (Å²) in [6.45, 7) is 3.21. The van der Waals surface area contributed by atoms with Crippen molar-refractivity contribution in [2.24, 2.45) is 0 Å². The van der Waals surface area contributed by atoms with Crippen molar-refractivity contribution in [2.45, 2.75) is 51.0 Å². The maximum absolute atomic E-state index is 12.9. The van der Waals surface area contributed by atoms with E-state index in [1.807, 2.05) is 6.07 Å². The maximum Gasteiger partial charge on any atom is 0.251 e. The molecule has 0 saturated carbocycles. The van der Waals surface area contributed by atoms with E-state index in [1.165, 1.54) is 40.6 Å². The van der Waals surface area contributed by atoms with Crippen molar-refractivity contribution in [3.8, 4) is 0 Å². The van der Waals surface area contributed by atoms with Gasteiger partial charge in [0.1, 0.15) is 0 Å². The Morgan fingerprint density at radius 2 is 1.83 bits per heavy atom. The standard InChI is InChI=1S/C26H31N3O/c30-26(20-10-11-25-23(18-20)22-8-4-5-9-24(22)28-25)27-21-13-16-29(17-14-21)15-12-19-6-2-1-3-7-19/h1-3,6-7,10-11,18,21,28H,4-5,8-9,12-17H2,(H,27,30). The first-order valence-electron chi connectivity index (χ1n) is 11.5. The van der Waals surface area contributed by atoms with Gasteiger partial charge in [-0.25, -0.2) is 0 Å². The lowest BCUT2D eigenvalue weighted by atomic mass is 9.95. The Hall–Kier alpha value is -2.59. The van der Waals surface area contributed by atoms with Crippen LogP contribution in [0.4, 0.5) is 0 Å². The number of benzene rings is 2. The van der Waals surface area contributed by atoms with E-state index in [9.17, 15) is 4.79 Å². The highest BCUT2D eigenvalue weighted by molar-refractivity contribution is 5.99. The maximum atomic E-state index is 12.9. The molecule has 156 valence electrons. The van der Waals surface area contributed by atoms with E-state index >= 15 is 0 Å². The van der Waals surface area contributed by atoms with Crippen molar-refractivity contribution in [1.82, 2.24) is 15.2 Å². The Morgan fingerprint density at radius 1 is 1.03 bits per heavy atom. The summed E-state index contributed by atoms with van der Waals surface area (Å²) >= 11 is 0. The average molecular weight is 402 g/mol. The van der Waals surface area contributed by atoms with E-state index in [-0.39, 0.29) is 11.9 Å². The van der Waals surface area contributed by atoms with Crippen molar-refractivity contribution < 1.29 is 4.79 Å². The average Bonchev–Trinajstić information content (AvgIpc) is 3.17. The molecular weight excluding hydrogens is 370 g/mol. The topological polar surface area (TPSA) is 48.1 Å². The van der Waals surface area contributed by atoms with Gasteiger partial charge in [0.2, 0.25) is 0 Å². The van der Waals surface area contributed by atoms with Gasteiger partial charge < -0.3 is 15.2 Å². The third-order valence-electron chi connectivity index (χ3n) is 6.84. The van der Waals surface area contributed by atoms with Gasteiger partial charge in [0.25, 0.3) is 5.91 Å². The molecule has 2 N–H and O–H groups in total. The fourth-order valence-electron chi connectivity index (χ4n) is 5.05. The van der Waals surface area contributed by atoms with E-state index in [0.29, 0.717) is 0 Å². The van der Waals surface area contributed by atoms with Gasteiger partial charge in [0.05, 0.1) is 0 Å². The molecule has 2 aromatic carbocycles. The van der Waals surface area contributed by atoms with Crippen LogP contribution in [0.3, 0.4) is 0 Å². The van der Waals surface area contributed by atoms with Crippen LogP contribution in [0.5, 0.6) is 0 Å². The second-order valence-corrected chi connectivity index (χ2v) is 8.87. The predicted octanol–water partition coefficient (Wildman–Crippen LogP) is 4.48. The first-order valence-corrected chi connectivity index (χ1v) is 11.5. The van der Waals surface area contributed by atoms with E-state index in [0.717, 1.165) is 57.3 Å². The van der Waals surface area contributed by atoms with E-state index in [4.69, 9.17) is 0 Å². The third-order valence-corrected chi connectivity index (χ3v) is 6.84. The number of carbonyl (C=O) groups is 1. The highest BCUT2D eigenvalue weighted by Gasteiger charge is 2.22. The molecule has 30 heavy (non-hydrogen) atoms. The van der Waals surface area contributed by atoms with Crippen LogP contribution in [0.15, 0.2) is 48.5 Å². The number of fused-ring (bicyclic) bond motifs is 3. The SMILES string of the molecule is O=C(NC1CCN(CCc2ccccc2)CC1)c1ccc2[nH]c3c(c2c1)CCCC3. The first kappa shape index (κ1) is 19.4. The van der Waals surface area contributed by atoms with E-state index < -0.39 is 0 Å². The minimum absolute atomic E-state index is 0.0744. The summed E-state index contributed by atoms with van der Waals surface area (Å²) in [7, 11) is 0. The van der Waals surface area contributed by atoms with Gasteiger partial charge in [-0.15, -0.1) is 0 Å². The number of aromatic amines is 1.